The lowest BCUT2D eigenvalue weighted by atomic mass is 10.3. The maximum absolute atomic E-state index is 13.4. The van der Waals surface area contributed by atoms with Crippen LogP contribution in [0.25, 0.3) is 0 Å². The van der Waals surface area contributed by atoms with Gasteiger partial charge in [-0.15, -0.1) is 10.2 Å². The Morgan fingerprint density at radius 2 is 2.22 bits per heavy atom. The highest BCUT2D eigenvalue weighted by atomic mass is 32.2. The van der Waals surface area contributed by atoms with Crippen LogP contribution in [0.3, 0.4) is 0 Å². The lowest BCUT2D eigenvalue weighted by molar-refractivity contribution is -0.115. The Labute approximate surface area is 111 Å². The first-order valence-electron chi connectivity index (χ1n) is 4.91. The quantitative estimate of drug-likeness (QED) is 0.821. The Morgan fingerprint density at radius 1 is 1.44 bits per heavy atom. The summed E-state index contributed by atoms with van der Waals surface area (Å²) in [6, 6.07) is 6.28. The van der Waals surface area contributed by atoms with E-state index < -0.39 is 5.91 Å². The summed E-state index contributed by atoms with van der Waals surface area (Å²) >= 11 is 2.43. The highest BCUT2D eigenvalue weighted by molar-refractivity contribution is 8.01. The molecule has 2 aromatic rings. The summed E-state index contributed by atoms with van der Waals surface area (Å²) in [6.45, 7) is 0. The molecule has 8 heteroatoms. The van der Waals surface area contributed by atoms with Gasteiger partial charge in [-0.3, -0.25) is 4.79 Å². The van der Waals surface area contributed by atoms with Crippen LogP contribution < -0.4 is 11.1 Å². The zero-order valence-electron chi connectivity index (χ0n) is 9.09. The molecule has 0 spiro atoms. The molecule has 0 atom stereocenters. The predicted octanol–water partition coefficient (Wildman–Crippen LogP) is 2.00. The average molecular weight is 284 g/mol. The van der Waals surface area contributed by atoms with Crippen LogP contribution in [0, 0.1) is 5.82 Å². The molecule has 0 fully saturated rings. The molecule has 1 heterocycles. The SMILES string of the molecule is NC(=O)CSc1nnc(Nc2ccccc2F)s1. The van der Waals surface area contributed by atoms with Gasteiger partial charge in [-0.25, -0.2) is 4.39 Å². The molecular formula is C10H9FN4OS2. The highest BCUT2D eigenvalue weighted by Crippen LogP contribution is 2.28. The molecule has 0 radical (unpaired) electrons. The van der Waals surface area contributed by atoms with Crippen molar-refractivity contribution in [1.29, 1.82) is 0 Å². The summed E-state index contributed by atoms with van der Waals surface area (Å²) < 4.78 is 14.0. The number of hydrogen-bond acceptors (Lipinski definition) is 6. The van der Waals surface area contributed by atoms with Gasteiger partial charge in [0.1, 0.15) is 5.82 Å². The minimum Gasteiger partial charge on any atom is -0.369 e. The van der Waals surface area contributed by atoms with E-state index in [0.717, 1.165) is 0 Å². The zero-order chi connectivity index (χ0) is 13.0. The number of nitrogens with zero attached hydrogens (tertiary/aromatic N) is 2. The van der Waals surface area contributed by atoms with Crippen molar-refractivity contribution in [3.8, 4) is 0 Å². The molecule has 0 saturated heterocycles. The van der Waals surface area contributed by atoms with Crippen LogP contribution in [0.4, 0.5) is 15.2 Å². The maximum Gasteiger partial charge on any atom is 0.227 e. The van der Waals surface area contributed by atoms with Gasteiger partial charge in [-0.1, -0.05) is 35.2 Å². The molecule has 0 aliphatic heterocycles. The Balaban J connectivity index is 2.02. The van der Waals surface area contributed by atoms with Gasteiger partial charge in [0.05, 0.1) is 11.4 Å². The van der Waals surface area contributed by atoms with Crippen molar-refractivity contribution in [2.24, 2.45) is 5.73 Å². The second kappa shape index (κ2) is 5.78. The van der Waals surface area contributed by atoms with Gasteiger partial charge in [0, 0.05) is 0 Å². The van der Waals surface area contributed by atoms with E-state index in [1.165, 1.54) is 29.2 Å². The minimum absolute atomic E-state index is 0.147. The van der Waals surface area contributed by atoms with E-state index in [2.05, 4.69) is 15.5 Å². The molecule has 1 amide bonds. The summed E-state index contributed by atoms with van der Waals surface area (Å²) in [5, 5.41) is 11.0. The van der Waals surface area contributed by atoms with E-state index >= 15 is 0 Å². The second-order valence-electron chi connectivity index (χ2n) is 3.23. The van der Waals surface area contributed by atoms with E-state index in [9.17, 15) is 9.18 Å². The van der Waals surface area contributed by atoms with Crippen molar-refractivity contribution in [1.82, 2.24) is 10.2 Å². The number of carbonyl (C=O) groups is 1. The van der Waals surface area contributed by atoms with Gasteiger partial charge < -0.3 is 11.1 Å². The molecule has 0 saturated carbocycles. The number of aromatic nitrogens is 2. The smallest absolute Gasteiger partial charge is 0.227 e. The van der Waals surface area contributed by atoms with Gasteiger partial charge in [0.2, 0.25) is 11.0 Å². The van der Waals surface area contributed by atoms with Crippen molar-refractivity contribution in [2.75, 3.05) is 11.1 Å². The van der Waals surface area contributed by atoms with Crippen LogP contribution in [-0.2, 0) is 4.79 Å². The van der Waals surface area contributed by atoms with Gasteiger partial charge in [-0.2, -0.15) is 0 Å². The Bertz CT molecular complexity index is 560. The third-order valence-corrected chi connectivity index (χ3v) is 3.85. The number of nitrogens with one attached hydrogen (secondary N) is 1. The van der Waals surface area contributed by atoms with Crippen LogP contribution in [-0.4, -0.2) is 21.9 Å². The number of primary amides is 1. The number of thioether (sulfide) groups is 1. The fourth-order valence-electron chi connectivity index (χ4n) is 1.13. The summed E-state index contributed by atoms with van der Waals surface area (Å²) in [7, 11) is 0. The first-order valence-corrected chi connectivity index (χ1v) is 6.71. The van der Waals surface area contributed by atoms with Gasteiger partial charge in [-0.05, 0) is 12.1 Å². The average Bonchev–Trinajstić information content (AvgIpc) is 2.77. The van der Waals surface area contributed by atoms with E-state index in [0.29, 0.717) is 15.2 Å². The number of halogens is 1. The van der Waals surface area contributed by atoms with Crippen molar-refractivity contribution in [2.45, 2.75) is 4.34 Å². The second-order valence-corrected chi connectivity index (χ2v) is 5.43. The molecule has 0 aliphatic carbocycles. The molecule has 0 unspecified atom stereocenters. The van der Waals surface area contributed by atoms with Crippen LogP contribution in [0.1, 0.15) is 0 Å². The molecule has 0 aliphatic rings. The first-order chi connectivity index (χ1) is 8.65. The normalized spacial score (nSPS) is 10.3. The monoisotopic (exact) mass is 284 g/mol. The molecular weight excluding hydrogens is 275 g/mol. The maximum atomic E-state index is 13.4. The Kier molecular flexibility index (Phi) is 4.11. The summed E-state index contributed by atoms with van der Waals surface area (Å²) in [5.41, 5.74) is 5.36. The lowest BCUT2D eigenvalue weighted by Crippen LogP contribution is -2.12. The van der Waals surface area contributed by atoms with Crippen molar-refractivity contribution < 1.29 is 9.18 Å². The highest BCUT2D eigenvalue weighted by Gasteiger charge is 2.08. The van der Waals surface area contributed by atoms with Crippen LogP contribution in [0.15, 0.2) is 28.6 Å². The van der Waals surface area contributed by atoms with Crippen LogP contribution >= 0.6 is 23.1 Å². The molecule has 18 heavy (non-hydrogen) atoms. The molecule has 94 valence electrons. The number of amides is 1. The molecule has 1 aromatic heterocycles. The largest absolute Gasteiger partial charge is 0.369 e. The number of benzene rings is 1. The number of anilines is 2. The molecule has 0 bridgehead atoms. The summed E-state index contributed by atoms with van der Waals surface area (Å²) in [4.78, 5) is 10.6. The van der Waals surface area contributed by atoms with Crippen molar-refractivity contribution in [3.05, 3.63) is 30.1 Å². The summed E-state index contributed by atoms with van der Waals surface area (Å²) in [5.74, 6) is -0.633. The number of carbonyl (C=O) groups excluding carboxylic acids is 1. The first kappa shape index (κ1) is 12.8. The molecule has 2 rings (SSSR count). The summed E-state index contributed by atoms with van der Waals surface area (Å²) in [6.07, 6.45) is 0. The van der Waals surface area contributed by atoms with Gasteiger partial charge in [0.25, 0.3) is 0 Å². The fraction of sp³-hybridized carbons (Fsp3) is 0.100. The van der Waals surface area contributed by atoms with Crippen LogP contribution in [0.2, 0.25) is 0 Å². The molecule has 1 aromatic carbocycles. The molecule has 3 N–H and O–H groups in total. The van der Waals surface area contributed by atoms with Gasteiger partial charge in [0.15, 0.2) is 4.34 Å². The van der Waals surface area contributed by atoms with E-state index in [1.807, 2.05) is 0 Å². The lowest BCUT2D eigenvalue weighted by Gasteiger charge is -2.01. The standard InChI is InChI=1S/C10H9FN4OS2/c11-6-3-1-2-4-7(6)13-9-14-15-10(18-9)17-5-8(12)16/h1-4H,5H2,(H2,12,16)(H,13,14). The topological polar surface area (TPSA) is 80.9 Å². The predicted molar refractivity (Wildman–Crippen MR) is 69.5 cm³/mol. The van der Waals surface area contributed by atoms with E-state index in [4.69, 9.17) is 5.73 Å². The number of rotatable bonds is 5. The third kappa shape index (κ3) is 3.41. The van der Waals surface area contributed by atoms with E-state index in [1.54, 1.807) is 18.2 Å². The van der Waals surface area contributed by atoms with Crippen molar-refractivity contribution in [3.63, 3.8) is 0 Å². The van der Waals surface area contributed by atoms with E-state index in [-0.39, 0.29) is 11.6 Å². The molecule has 5 nitrogen and oxygen atoms in total. The minimum atomic E-state index is -0.418. The van der Waals surface area contributed by atoms with Gasteiger partial charge >= 0.3 is 0 Å². The zero-order valence-corrected chi connectivity index (χ0v) is 10.7. The number of para-hydroxylation sites is 1. The Hall–Kier alpha value is -1.67. The fourth-order valence-corrected chi connectivity index (χ4v) is 2.63. The third-order valence-electron chi connectivity index (χ3n) is 1.86. The number of nitrogens with two attached hydrogens (primary N) is 1. The van der Waals surface area contributed by atoms with Crippen molar-refractivity contribution >= 4 is 39.8 Å². The Morgan fingerprint density at radius 3 is 2.94 bits per heavy atom. The number of hydrogen-bond donors (Lipinski definition) is 2. The van der Waals surface area contributed by atoms with Crippen LogP contribution in [0.5, 0.6) is 0 Å².